The Morgan fingerprint density at radius 2 is 1.25 bits per heavy atom. The number of H-pyrrole nitrogens is 2. The second kappa shape index (κ2) is 3.70. The molecular formula is C13H11N3. The van der Waals surface area contributed by atoms with Gasteiger partial charge in [0.05, 0.1) is 16.7 Å². The summed E-state index contributed by atoms with van der Waals surface area (Å²) in [6, 6.07) is 17.9. The Morgan fingerprint density at radius 3 is 1.88 bits per heavy atom. The summed E-state index contributed by atoms with van der Waals surface area (Å²) in [4.78, 5) is 10.9. The summed E-state index contributed by atoms with van der Waals surface area (Å²) in [5.41, 5.74) is 3.84. The predicted octanol–water partition coefficient (Wildman–Crippen LogP) is 2.73. The van der Waals surface area contributed by atoms with E-state index in [9.17, 15) is 0 Å². The third-order valence-corrected chi connectivity index (χ3v) is 2.43. The van der Waals surface area contributed by atoms with E-state index in [-0.39, 0.29) is 0 Å². The molecule has 0 fully saturated rings. The van der Waals surface area contributed by atoms with Crippen molar-refractivity contribution in [3.05, 3.63) is 60.2 Å². The Morgan fingerprint density at radius 1 is 0.688 bits per heavy atom. The van der Waals surface area contributed by atoms with Crippen LogP contribution < -0.4 is 5.62 Å². The van der Waals surface area contributed by atoms with Crippen molar-refractivity contribution < 1.29 is 0 Å². The molecule has 3 aromatic rings. The van der Waals surface area contributed by atoms with Crippen molar-refractivity contribution in [2.45, 2.75) is 0 Å². The van der Waals surface area contributed by atoms with Gasteiger partial charge in [-0.25, -0.2) is 4.99 Å². The van der Waals surface area contributed by atoms with E-state index >= 15 is 0 Å². The zero-order chi connectivity index (χ0) is 10.8. The molecule has 0 aliphatic heterocycles. The molecule has 0 amide bonds. The van der Waals surface area contributed by atoms with Gasteiger partial charge in [-0.15, -0.1) is 0 Å². The van der Waals surface area contributed by atoms with E-state index in [1.165, 1.54) is 0 Å². The zero-order valence-corrected chi connectivity index (χ0v) is 8.64. The van der Waals surface area contributed by atoms with Gasteiger partial charge in [0.1, 0.15) is 0 Å². The van der Waals surface area contributed by atoms with E-state index in [1.54, 1.807) is 0 Å². The summed E-state index contributed by atoms with van der Waals surface area (Å²) in [7, 11) is 0. The summed E-state index contributed by atoms with van der Waals surface area (Å²) in [6.07, 6.45) is 0. The Hall–Kier alpha value is -2.29. The van der Waals surface area contributed by atoms with E-state index < -0.39 is 0 Å². The molecule has 2 N–H and O–H groups in total. The van der Waals surface area contributed by atoms with Crippen molar-refractivity contribution in [3.8, 4) is 0 Å². The highest BCUT2D eigenvalue weighted by Gasteiger charge is 1.93. The molecule has 3 rings (SSSR count). The summed E-state index contributed by atoms with van der Waals surface area (Å²) < 4.78 is 0. The van der Waals surface area contributed by atoms with E-state index in [1.807, 2.05) is 54.6 Å². The fourth-order valence-electron chi connectivity index (χ4n) is 1.68. The largest absolute Gasteiger partial charge is 0.324 e. The van der Waals surface area contributed by atoms with Gasteiger partial charge in [-0.2, -0.15) is 0 Å². The number of hydrogen-bond acceptors (Lipinski definition) is 1. The molecule has 0 unspecified atom stereocenters. The van der Waals surface area contributed by atoms with Gasteiger partial charge in [0.15, 0.2) is 0 Å². The number of rotatable bonds is 1. The molecule has 2 aromatic carbocycles. The lowest BCUT2D eigenvalue weighted by Gasteiger charge is -1.87. The minimum Gasteiger partial charge on any atom is -0.324 e. The first-order valence-corrected chi connectivity index (χ1v) is 5.19. The topological polar surface area (TPSA) is 43.9 Å². The van der Waals surface area contributed by atoms with E-state index in [2.05, 4.69) is 15.0 Å². The summed E-state index contributed by atoms with van der Waals surface area (Å²) in [5.74, 6) is 0. The molecule has 0 radical (unpaired) electrons. The van der Waals surface area contributed by atoms with E-state index in [0.29, 0.717) is 0 Å². The molecule has 3 heteroatoms. The highest BCUT2D eigenvalue weighted by atomic mass is 15.0. The monoisotopic (exact) mass is 209 g/mol. The fourth-order valence-corrected chi connectivity index (χ4v) is 1.68. The third-order valence-electron chi connectivity index (χ3n) is 2.43. The first-order valence-electron chi connectivity index (χ1n) is 5.19. The Bertz CT molecular complexity index is 626. The van der Waals surface area contributed by atoms with Crippen molar-refractivity contribution in [2.24, 2.45) is 4.99 Å². The molecule has 16 heavy (non-hydrogen) atoms. The molecule has 0 saturated heterocycles. The number of nitrogens with zero attached hydrogens (tertiary/aromatic N) is 1. The van der Waals surface area contributed by atoms with Crippen molar-refractivity contribution >= 4 is 16.7 Å². The van der Waals surface area contributed by atoms with Crippen molar-refractivity contribution in [1.29, 1.82) is 0 Å². The van der Waals surface area contributed by atoms with E-state index in [4.69, 9.17) is 0 Å². The standard InChI is InChI=1S/C13H11N3/c1-2-6-10(7-3-1)14-13-15-11-8-4-5-9-12(11)16-13/h1-9H,(H2,14,15,16). The number of hydrogen-bond donors (Lipinski definition) is 2. The van der Waals surface area contributed by atoms with Gasteiger partial charge in [0.25, 0.3) is 0 Å². The van der Waals surface area contributed by atoms with Crippen LogP contribution in [-0.2, 0) is 0 Å². The van der Waals surface area contributed by atoms with Crippen molar-refractivity contribution in [2.75, 3.05) is 0 Å². The maximum atomic E-state index is 4.47. The van der Waals surface area contributed by atoms with Crippen molar-refractivity contribution in [1.82, 2.24) is 9.97 Å². The Balaban J connectivity index is 2.16. The molecule has 0 aliphatic rings. The molecule has 0 aliphatic carbocycles. The normalized spacial score (nSPS) is 10.5. The average molecular weight is 209 g/mol. The smallest absolute Gasteiger partial charge is 0.205 e. The lowest BCUT2D eigenvalue weighted by Crippen LogP contribution is -2.03. The molecule has 0 atom stereocenters. The number of aromatic nitrogens is 2. The highest BCUT2D eigenvalue weighted by molar-refractivity contribution is 5.73. The molecule has 0 spiro atoms. The fraction of sp³-hybridized carbons (Fsp3) is 0. The quantitative estimate of drug-likeness (QED) is 0.619. The van der Waals surface area contributed by atoms with Crippen LogP contribution in [0.1, 0.15) is 0 Å². The molecular weight excluding hydrogens is 198 g/mol. The first-order chi connectivity index (χ1) is 7.92. The number of para-hydroxylation sites is 3. The first kappa shape index (κ1) is 8.97. The minimum atomic E-state index is 0.771. The van der Waals surface area contributed by atoms with Crippen LogP contribution in [0.15, 0.2) is 59.6 Å². The number of fused-ring (bicyclic) bond motifs is 1. The number of nitrogens with one attached hydrogen (secondary N) is 2. The average Bonchev–Trinajstić information content (AvgIpc) is 2.72. The van der Waals surface area contributed by atoms with Crippen LogP contribution in [0.25, 0.3) is 11.0 Å². The van der Waals surface area contributed by atoms with Crippen molar-refractivity contribution in [3.63, 3.8) is 0 Å². The van der Waals surface area contributed by atoms with Gasteiger partial charge in [0.2, 0.25) is 5.62 Å². The predicted molar refractivity (Wildman–Crippen MR) is 64.3 cm³/mol. The van der Waals surface area contributed by atoms with Gasteiger partial charge < -0.3 is 9.97 Å². The van der Waals surface area contributed by atoms with E-state index in [0.717, 1.165) is 22.3 Å². The molecule has 0 bridgehead atoms. The van der Waals surface area contributed by atoms with Crippen LogP contribution in [0, 0.1) is 0 Å². The highest BCUT2D eigenvalue weighted by Crippen LogP contribution is 2.09. The second-order valence-electron chi connectivity index (χ2n) is 3.59. The number of aromatic amines is 2. The van der Waals surface area contributed by atoms with Gasteiger partial charge in [0, 0.05) is 0 Å². The molecule has 1 heterocycles. The molecule has 78 valence electrons. The molecule has 0 saturated carbocycles. The van der Waals surface area contributed by atoms with Gasteiger partial charge in [-0.05, 0) is 24.3 Å². The van der Waals surface area contributed by atoms with Gasteiger partial charge >= 0.3 is 0 Å². The van der Waals surface area contributed by atoms with Crippen LogP contribution in [0.2, 0.25) is 0 Å². The summed E-state index contributed by atoms with van der Waals surface area (Å²) in [5, 5.41) is 0. The lowest BCUT2D eigenvalue weighted by atomic mass is 10.3. The molecule has 3 nitrogen and oxygen atoms in total. The van der Waals surface area contributed by atoms with Crippen LogP contribution in [0.5, 0.6) is 0 Å². The lowest BCUT2D eigenvalue weighted by molar-refractivity contribution is 1.11. The third kappa shape index (κ3) is 1.63. The van der Waals surface area contributed by atoms with Gasteiger partial charge in [-0.1, -0.05) is 30.3 Å². The zero-order valence-electron chi connectivity index (χ0n) is 8.64. The van der Waals surface area contributed by atoms with Crippen LogP contribution in [0.3, 0.4) is 0 Å². The summed E-state index contributed by atoms with van der Waals surface area (Å²) in [6.45, 7) is 0. The number of benzene rings is 2. The van der Waals surface area contributed by atoms with Crippen LogP contribution in [-0.4, -0.2) is 9.97 Å². The maximum absolute atomic E-state index is 4.47. The Kier molecular flexibility index (Phi) is 2.07. The summed E-state index contributed by atoms with van der Waals surface area (Å²) >= 11 is 0. The second-order valence-corrected chi connectivity index (χ2v) is 3.59. The van der Waals surface area contributed by atoms with Crippen LogP contribution >= 0.6 is 0 Å². The Labute approximate surface area is 92.5 Å². The SMILES string of the molecule is c1ccc(N=c2[nH]c3ccccc3[nH]2)cc1. The molecule has 1 aromatic heterocycles. The maximum Gasteiger partial charge on any atom is 0.205 e. The minimum absolute atomic E-state index is 0.771. The van der Waals surface area contributed by atoms with Crippen LogP contribution in [0.4, 0.5) is 5.69 Å². The van der Waals surface area contributed by atoms with Gasteiger partial charge in [-0.3, -0.25) is 0 Å². The number of imidazole rings is 1.